The molecular weight excluding hydrogens is 291 g/mol. The van der Waals surface area contributed by atoms with Gasteiger partial charge in [-0.25, -0.2) is 14.4 Å². The third-order valence-corrected chi connectivity index (χ3v) is 4.51. The van der Waals surface area contributed by atoms with Crippen molar-refractivity contribution in [3.8, 4) is 0 Å². The van der Waals surface area contributed by atoms with Gasteiger partial charge in [0.05, 0.1) is 0 Å². The van der Waals surface area contributed by atoms with Crippen LogP contribution in [0, 0.1) is 0 Å². The highest BCUT2D eigenvalue weighted by Crippen LogP contribution is 2.30. The maximum atomic E-state index is 13.8. The molecule has 1 fully saturated rings. The second-order valence-electron chi connectivity index (χ2n) is 6.12. The number of anilines is 1. The van der Waals surface area contributed by atoms with Crippen molar-refractivity contribution in [3.63, 3.8) is 0 Å². The van der Waals surface area contributed by atoms with Crippen molar-refractivity contribution >= 4 is 11.5 Å². The molecular formula is C18H23FN4. The minimum Gasteiger partial charge on any atom is -0.356 e. The van der Waals surface area contributed by atoms with Gasteiger partial charge in [0, 0.05) is 30.5 Å². The number of aryl methyl sites for hydroxylation is 1. The Labute approximate surface area is 136 Å². The van der Waals surface area contributed by atoms with Crippen LogP contribution >= 0.6 is 0 Å². The number of nitrogens with zero attached hydrogens (tertiary/aromatic N) is 4. The zero-order chi connectivity index (χ0) is 16.2. The average molecular weight is 314 g/mol. The predicted octanol–water partition coefficient (Wildman–Crippen LogP) is 3.76. The summed E-state index contributed by atoms with van der Waals surface area (Å²) >= 11 is 0. The van der Waals surface area contributed by atoms with Gasteiger partial charge in [0.1, 0.15) is 17.4 Å². The molecule has 1 aromatic heterocycles. The summed E-state index contributed by atoms with van der Waals surface area (Å²) in [6, 6.07) is 0. The fraction of sp³-hybridized carbons (Fsp3) is 0.500. The van der Waals surface area contributed by atoms with Crippen LogP contribution in [0.1, 0.15) is 49.2 Å². The number of rotatable bonds is 4. The third-order valence-electron chi connectivity index (χ3n) is 4.51. The van der Waals surface area contributed by atoms with E-state index >= 15 is 0 Å². The summed E-state index contributed by atoms with van der Waals surface area (Å²) in [6.07, 6.45) is 9.20. The van der Waals surface area contributed by atoms with E-state index in [0.29, 0.717) is 5.82 Å². The number of hydrogen-bond acceptors (Lipinski definition) is 4. The minimum absolute atomic E-state index is 0.0887. The molecule has 23 heavy (non-hydrogen) atoms. The number of fused-ring (bicyclic) bond motifs is 1. The molecule has 0 unspecified atom stereocenters. The van der Waals surface area contributed by atoms with Crippen LogP contribution in [0.15, 0.2) is 30.2 Å². The molecule has 2 heterocycles. The van der Waals surface area contributed by atoms with Crippen LogP contribution in [-0.2, 0) is 12.8 Å². The van der Waals surface area contributed by atoms with Crippen molar-refractivity contribution in [2.24, 2.45) is 4.99 Å². The standard InChI is InChI=1S/C18H23FN4/c1-3-20-16(13(2)19)17-21-15-10-8-9-14(15)18(22-17)23-11-6-4-5-7-12-23/h3H,1-2,4-12H2. The van der Waals surface area contributed by atoms with E-state index in [2.05, 4.69) is 33.0 Å². The first-order valence-corrected chi connectivity index (χ1v) is 8.39. The molecule has 0 atom stereocenters. The highest BCUT2D eigenvalue weighted by atomic mass is 19.1. The van der Waals surface area contributed by atoms with Crippen LogP contribution in [-0.4, -0.2) is 28.8 Å². The molecule has 1 saturated heterocycles. The van der Waals surface area contributed by atoms with Crippen molar-refractivity contribution in [3.05, 3.63) is 42.3 Å². The summed E-state index contributed by atoms with van der Waals surface area (Å²) in [5.74, 6) is 0.685. The van der Waals surface area contributed by atoms with Gasteiger partial charge in [-0.05, 0) is 32.1 Å². The van der Waals surface area contributed by atoms with Gasteiger partial charge >= 0.3 is 0 Å². The van der Waals surface area contributed by atoms with Gasteiger partial charge in [-0.3, -0.25) is 4.99 Å². The van der Waals surface area contributed by atoms with Gasteiger partial charge in [0.2, 0.25) is 0 Å². The second-order valence-corrected chi connectivity index (χ2v) is 6.12. The fourth-order valence-corrected chi connectivity index (χ4v) is 3.40. The number of hydrogen-bond donors (Lipinski definition) is 0. The van der Waals surface area contributed by atoms with Crippen LogP contribution < -0.4 is 4.90 Å². The van der Waals surface area contributed by atoms with E-state index in [1.807, 2.05) is 0 Å². The maximum absolute atomic E-state index is 13.8. The second kappa shape index (κ2) is 7.02. The van der Waals surface area contributed by atoms with Crippen LogP contribution in [0.4, 0.5) is 10.2 Å². The van der Waals surface area contributed by atoms with Gasteiger partial charge in [-0.1, -0.05) is 26.0 Å². The van der Waals surface area contributed by atoms with Crippen molar-refractivity contribution in [1.82, 2.24) is 9.97 Å². The molecule has 1 aliphatic carbocycles. The first kappa shape index (κ1) is 15.8. The number of halogens is 1. The van der Waals surface area contributed by atoms with Crippen molar-refractivity contribution < 1.29 is 4.39 Å². The van der Waals surface area contributed by atoms with Crippen LogP contribution in [0.25, 0.3) is 0 Å². The van der Waals surface area contributed by atoms with E-state index in [0.717, 1.165) is 43.9 Å². The quantitative estimate of drug-likeness (QED) is 0.795. The SMILES string of the molecule is C=CN=C(C(=C)F)c1nc2c(c(N3CCCCCC3)n1)CCC2. The van der Waals surface area contributed by atoms with Crippen LogP contribution in [0.2, 0.25) is 0 Å². The highest BCUT2D eigenvalue weighted by Gasteiger charge is 2.25. The molecule has 0 amide bonds. The monoisotopic (exact) mass is 314 g/mol. The zero-order valence-electron chi connectivity index (χ0n) is 13.5. The molecule has 5 heteroatoms. The Kier molecular flexibility index (Phi) is 4.84. The Balaban J connectivity index is 2.06. The fourth-order valence-electron chi connectivity index (χ4n) is 3.40. The number of aromatic nitrogens is 2. The van der Waals surface area contributed by atoms with Gasteiger partial charge < -0.3 is 4.90 Å². The normalized spacial score (nSPS) is 18.5. The Morgan fingerprint density at radius 2 is 1.83 bits per heavy atom. The van der Waals surface area contributed by atoms with Gasteiger partial charge in [0.25, 0.3) is 0 Å². The minimum atomic E-state index is -0.621. The summed E-state index contributed by atoms with van der Waals surface area (Å²) < 4.78 is 13.8. The molecule has 3 rings (SSSR count). The molecule has 0 saturated carbocycles. The molecule has 0 radical (unpaired) electrons. The Bertz CT molecular complexity index is 643. The lowest BCUT2D eigenvalue weighted by molar-refractivity contribution is 0.683. The molecule has 1 aromatic rings. The lowest BCUT2D eigenvalue weighted by atomic mass is 10.2. The molecule has 1 aliphatic heterocycles. The first-order valence-electron chi connectivity index (χ1n) is 8.39. The van der Waals surface area contributed by atoms with Crippen LogP contribution in [0.5, 0.6) is 0 Å². The molecule has 2 aliphatic rings. The van der Waals surface area contributed by atoms with E-state index in [1.165, 1.54) is 37.4 Å². The molecule has 0 bridgehead atoms. The molecule has 122 valence electrons. The van der Waals surface area contributed by atoms with E-state index in [4.69, 9.17) is 0 Å². The number of allylic oxidation sites excluding steroid dienone is 1. The largest absolute Gasteiger partial charge is 0.356 e. The zero-order valence-corrected chi connectivity index (χ0v) is 13.5. The molecule has 0 spiro atoms. The molecule has 0 N–H and O–H groups in total. The van der Waals surface area contributed by atoms with Crippen molar-refractivity contribution in [2.45, 2.75) is 44.9 Å². The van der Waals surface area contributed by atoms with E-state index in [9.17, 15) is 4.39 Å². The van der Waals surface area contributed by atoms with Gasteiger partial charge in [-0.2, -0.15) is 0 Å². The molecule has 4 nitrogen and oxygen atoms in total. The predicted molar refractivity (Wildman–Crippen MR) is 91.7 cm³/mol. The first-order chi connectivity index (χ1) is 11.2. The van der Waals surface area contributed by atoms with Gasteiger partial charge in [-0.15, -0.1) is 0 Å². The summed E-state index contributed by atoms with van der Waals surface area (Å²) in [7, 11) is 0. The summed E-state index contributed by atoms with van der Waals surface area (Å²) in [6.45, 7) is 8.92. The topological polar surface area (TPSA) is 41.4 Å². The Morgan fingerprint density at radius 1 is 1.09 bits per heavy atom. The lowest BCUT2D eigenvalue weighted by Crippen LogP contribution is -2.27. The summed E-state index contributed by atoms with van der Waals surface area (Å²) in [4.78, 5) is 15.6. The maximum Gasteiger partial charge on any atom is 0.183 e. The van der Waals surface area contributed by atoms with E-state index < -0.39 is 5.83 Å². The Morgan fingerprint density at radius 3 is 2.48 bits per heavy atom. The third kappa shape index (κ3) is 3.33. The molecule has 0 aromatic carbocycles. The van der Waals surface area contributed by atoms with Gasteiger partial charge in [0.15, 0.2) is 5.82 Å². The smallest absolute Gasteiger partial charge is 0.183 e. The lowest BCUT2D eigenvalue weighted by Gasteiger charge is -2.24. The Hall–Kier alpha value is -2.04. The summed E-state index contributed by atoms with van der Waals surface area (Å²) in [5.41, 5.74) is 2.36. The highest BCUT2D eigenvalue weighted by molar-refractivity contribution is 6.08. The number of aliphatic imine (C=N–C) groups is 1. The van der Waals surface area contributed by atoms with E-state index in [-0.39, 0.29) is 5.71 Å². The van der Waals surface area contributed by atoms with Crippen molar-refractivity contribution in [1.29, 1.82) is 0 Å². The van der Waals surface area contributed by atoms with Crippen LogP contribution in [0.3, 0.4) is 0 Å². The van der Waals surface area contributed by atoms with Crippen molar-refractivity contribution in [2.75, 3.05) is 18.0 Å². The summed E-state index contributed by atoms with van der Waals surface area (Å²) in [5, 5.41) is 0. The average Bonchev–Trinajstić information content (AvgIpc) is 2.84. The van der Waals surface area contributed by atoms with E-state index in [1.54, 1.807) is 0 Å².